The number of amides is 1. The van der Waals surface area contributed by atoms with Gasteiger partial charge in [0.05, 0.1) is 23.9 Å². The number of nitrogens with zero attached hydrogens (tertiary/aromatic N) is 2. The quantitative estimate of drug-likeness (QED) is 0.178. The number of hydrogen-bond donors (Lipinski definition) is 1. The van der Waals surface area contributed by atoms with Gasteiger partial charge in [0.15, 0.2) is 5.16 Å². The molecule has 0 radical (unpaired) electrons. The molecule has 1 N–H and O–H groups in total. The molecule has 0 saturated carbocycles. The SMILES string of the molecule is O=C(CSc1nc2sc3c(c2c(=O)n1Cc1ccco1)CCCC3)Nc1ccc(Oc2ccccc2)cc1. The third kappa shape index (κ3) is 5.25. The molecule has 1 aliphatic carbocycles. The average Bonchev–Trinajstić information content (AvgIpc) is 3.59. The van der Waals surface area contributed by atoms with Crippen molar-refractivity contribution in [3.8, 4) is 11.5 Å². The van der Waals surface area contributed by atoms with Crippen LogP contribution >= 0.6 is 23.1 Å². The number of rotatable bonds is 8. The van der Waals surface area contributed by atoms with Crippen molar-refractivity contribution in [2.75, 3.05) is 11.1 Å². The summed E-state index contributed by atoms with van der Waals surface area (Å²) in [5, 5.41) is 4.15. The second kappa shape index (κ2) is 10.9. The lowest BCUT2D eigenvalue weighted by Gasteiger charge is -2.13. The normalized spacial score (nSPS) is 12.8. The third-order valence-corrected chi connectivity index (χ3v) is 8.55. The number of furan rings is 1. The molecule has 5 aromatic rings. The Hall–Kier alpha value is -3.82. The number of carbonyl (C=O) groups excluding carboxylic acids is 1. The van der Waals surface area contributed by atoms with Crippen LogP contribution in [0, 0.1) is 0 Å². The van der Waals surface area contributed by atoms with Crippen LogP contribution in [0.1, 0.15) is 29.0 Å². The molecule has 0 atom stereocenters. The number of hydrogen-bond acceptors (Lipinski definition) is 7. The Morgan fingerprint density at radius 2 is 1.82 bits per heavy atom. The maximum absolute atomic E-state index is 13.7. The van der Waals surface area contributed by atoms with Crippen molar-refractivity contribution in [3.63, 3.8) is 0 Å². The minimum absolute atomic E-state index is 0.0669. The Balaban J connectivity index is 1.19. The number of aryl methyl sites for hydroxylation is 2. The molecule has 6 rings (SSSR count). The molecule has 38 heavy (non-hydrogen) atoms. The Morgan fingerprint density at radius 3 is 2.61 bits per heavy atom. The Bertz CT molecular complexity index is 1620. The average molecular weight is 544 g/mol. The topological polar surface area (TPSA) is 86.4 Å². The second-order valence-electron chi connectivity index (χ2n) is 9.03. The number of nitrogens with one attached hydrogen (secondary N) is 1. The van der Waals surface area contributed by atoms with E-state index in [9.17, 15) is 9.59 Å². The molecule has 3 aromatic heterocycles. The number of fused-ring (bicyclic) bond motifs is 3. The highest BCUT2D eigenvalue weighted by molar-refractivity contribution is 7.99. The molecule has 7 nitrogen and oxygen atoms in total. The van der Waals surface area contributed by atoms with Crippen molar-refractivity contribution in [1.29, 1.82) is 0 Å². The fraction of sp³-hybridized carbons (Fsp3) is 0.207. The van der Waals surface area contributed by atoms with Gasteiger partial charge in [-0.1, -0.05) is 30.0 Å². The maximum atomic E-state index is 13.7. The first kappa shape index (κ1) is 24.5. The van der Waals surface area contributed by atoms with Crippen molar-refractivity contribution in [3.05, 3.63) is 99.5 Å². The maximum Gasteiger partial charge on any atom is 0.263 e. The van der Waals surface area contributed by atoms with E-state index in [0.29, 0.717) is 22.4 Å². The Morgan fingerprint density at radius 1 is 1.03 bits per heavy atom. The number of carbonyl (C=O) groups is 1. The number of aromatic nitrogens is 2. The Kier molecular flexibility index (Phi) is 7.02. The highest BCUT2D eigenvalue weighted by atomic mass is 32.2. The van der Waals surface area contributed by atoms with E-state index in [1.807, 2.05) is 48.5 Å². The van der Waals surface area contributed by atoms with Gasteiger partial charge >= 0.3 is 0 Å². The van der Waals surface area contributed by atoms with Gasteiger partial charge in [0.2, 0.25) is 5.91 Å². The highest BCUT2D eigenvalue weighted by Gasteiger charge is 2.23. The summed E-state index contributed by atoms with van der Waals surface area (Å²) in [5.74, 6) is 2.03. The number of thiophene rings is 1. The molecule has 2 aromatic carbocycles. The Labute approximate surface area is 227 Å². The lowest BCUT2D eigenvalue weighted by molar-refractivity contribution is -0.113. The molecular weight excluding hydrogens is 518 g/mol. The van der Waals surface area contributed by atoms with Crippen LogP contribution in [0.3, 0.4) is 0 Å². The van der Waals surface area contributed by atoms with E-state index < -0.39 is 0 Å². The van der Waals surface area contributed by atoms with Gasteiger partial charge in [0.25, 0.3) is 5.56 Å². The second-order valence-corrected chi connectivity index (χ2v) is 11.1. The van der Waals surface area contributed by atoms with E-state index in [1.54, 1.807) is 40.4 Å². The van der Waals surface area contributed by atoms with E-state index >= 15 is 0 Å². The number of ether oxygens (including phenoxy) is 1. The van der Waals surface area contributed by atoms with Gasteiger partial charge in [0, 0.05) is 10.6 Å². The molecule has 0 fully saturated rings. The van der Waals surface area contributed by atoms with E-state index in [2.05, 4.69) is 5.32 Å². The minimum Gasteiger partial charge on any atom is -0.467 e. The van der Waals surface area contributed by atoms with Crippen LogP contribution in [-0.2, 0) is 24.2 Å². The third-order valence-electron chi connectivity index (χ3n) is 6.38. The number of thioether (sulfide) groups is 1. The zero-order valence-corrected chi connectivity index (χ0v) is 22.1. The summed E-state index contributed by atoms with van der Waals surface area (Å²) in [6.07, 6.45) is 5.73. The fourth-order valence-corrected chi connectivity index (χ4v) is 6.69. The molecule has 9 heteroatoms. The van der Waals surface area contributed by atoms with Crippen LogP contribution in [-0.4, -0.2) is 21.2 Å². The summed E-state index contributed by atoms with van der Waals surface area (Å²) < 4.78 is 13.0. The van der Waals surface area contributed by atoms with Crippen molar-refractivity contribution >= 4 is 44.9 Å². The lowest BCUT2D eigenvalue weighted by Crippen LogP contribution is -2.25. The molecule has 3 heterocycles. The lowest BCUT2D eigenvalue weighted by atomic mass is 9.97. The zero-order chi connectivity index (χ0) is 25.9. The highest BCUT2D eigenvalue weighted by Crippen LogP contribution is 2.35. The summed E-state index contributed by atoms with van der Waals surface area (Å²) in [4.78, 5) is 33.4. The predicted molar refractivity (Wildman–Crippen MR) is 151 cm³/mol. The van der Waals surface area contributed by atoms with Crippen molar-refractivity contribution < 1.29 is 13.9 Å². The van der Waals surface area contributed by atoms with Crippen molar-refractivity contribution in [2.24, 2.45) is 0 Å². The fourth-order valence-electron chi connectivity index (χ4n) is 4.59. The van der Waals surface area contributed by atoms with Crippen LogP contribution in [0.15, 0.2) is 87.4 Å². The van der Waals surface area contributed by atoms with Crippen molar-refractivity contribution in [1.82, 2.24) is 9.55 Å². The number of benzene rings is 2. The van der Waals surface area contributed by atoms with Crippen molar-refractivity contribution in [2.45, 2.75) is 37.4 Å². The summed E-state index contributed by atoms with van der Waals surface area (Å²) in [6, 6.07) is 20.4. The summed E-state index contributed by atoms with van der Waals surface area (Å²) in [7, 11) is 0. The van der Waals surface area contributed by atoms with Crippen LogP contribution < -0.4 is 15.6 Å². The van der Waals surface area contributed by atoms with Crippen LogP contribution in [0.2, 0.25) is 0 Å². The first-order valence-electron chi connectivity index (χ1n) is 12.5. The standard InChI is InChI=1S/C29H25N3O4S2/c33-25(30-19-12-14-21(15-13-19)36-20-7-2-1-3-8-20)18-37-29-31-27-26(23-10-4-5-11-24(23)38-27)28(34)32(29)17-22-9-6-16-35-22/h1-3,6-9,12-16H,4-5,10-11,17-18H2,(H,30,33). The summed E-state index contributed by atoms with van der Waals surface area (Å²) in [5.41, 5.74) is 1.75. The molecule has 0 spiro atoms. The minimum atomic E-state index is -0.184. The van der Waals surface area contributed by atoms with E-state index in [-0.39, 0.29) is 23.8 Å². The summed E-state index contributed by atoms with van der Waals surface area (Å²) >= 11 is 2.87. The van der Waals surface area contributed by atoms with Crippen LogP contribution in [0.5, 0.6) is 11.5 Å². The largest absolute Gasteiger partial charge is 0.467 e. The first-order valence-corrected chi connectivity index (χ1v) is 14.3. The molecule has 0 aliphatic heterocycles. The van der Waals surface area contributed by atoms with Gasteiger partial charge in [0.1, 0.15) is 22.1 Å². The van der Waals surface area contributed by atoms with Crippen LogP contribution in [0.25, 0.3) is 10.2 Å². The van der Waals surface area contributed by atoms with Gasteiger partial charge in [-0.05, 0) is 79.8 Å². The van der Waals surface area contributed by atoms with Gasteiger partial charge in [-0.3, -0.25) is 14.2 Å². The number of anilines is 1. The van der Waals surface area contributed by atoms with Gasteiger partial charge in [-0.25, -0.2) is 4.98 Å². The molecular formula is C29H25N3O4S2. The molecule has 0 unspecified atom stereocenters. The monoisotopic (exact) mass is 543 g/mol. The first-order chi connectivity index (χ1) is 18.6. The van der Waals surface area contributed by atoms with E-state index in [4.69, 9.17) is 14.1 Å². The smallest absolute Gasteiger partial charge is 0.263 e. The molecule has 192 valence electrons. The van der Waals surface area contributed by atoms with Gasteiger partial charge in [-0.2, -0.15) is 0 Å². The van der Waals surface area contributed by atoms with Gasteiger partial charge < -0.3 is 14.5 Å². The van der Waals surface area contributed by atoms with E-state index in [1.165, 1.54) is 16.6 Å². The van der Waals surface area contributed by atoms with E-state index in [0.717, 1.165) is 47.2 Å². The summed E-state index contributed by atoms with van der Waals surface area (Å²) in [6.45, 7) is 0.270. The molecule has 0 bridgehead atoms. The number of para-hydroxylation sites is 1. The van der Waals surface area contributed by atoms with Crippen LogP contribution in [0.4, 0.5) is 5.69 Å². The molecule has 1 aliphatic rings. The molecule has 1 amide bonds. The van der Waals surface area contributed by atoms with Gasteiger partial charge in [-0.15, -0.1) is 11.3 Å². The zero-order valence-electron chi connectivity index (χ0n) is 20.5. The predicted octanol–water partition coefficient (Wildman–Crippen LogP) is 6.50. The molecule has 0 saturated heterocycles.